The third-order valence-electron chi connectivity index (χ3n) is 2.78. The fourth-order valence-corrected chi connectivity index (χ4v) is 1.70. The number of aliphatic imine (C=N–C) groups is 1. The Hall–Kier alpha value is -1.82. The molecule has 0 bridgehead atoms. The van der Waals surface area contributed by atoms with E-state index in [-0.39, 0.29) is 5.82 Å². The molecular weight excluding hydrogens is 259 g/mol. The van der Waals surface area contributed by atoms with Crippen molar-refractivity contribution in [3.05, 3.63) is 29.6 Å². The summed E-state index contributed by atoms with van der Waals surface area (Å²) >= 11 is 0. The molecule has 0 saturated heterocycles. The molecule has 0 fully saturated rings. The molecule has 0 unspecified atom stereocenters. The van der Waals surface area contributed by atoms with Crippen LogP contribution in [0.1, 0.15) is 5.56 Å². The lowest BCUT2D eigenvalue weighted by atomic mass is 10.2. The zero-order valence-corrected chi connectivity index (χ0v) is 12.5. The van der Waals surface area contributed by atoms with Crippen LogP contribution >= 0.6 is 0 Å². The first-order valence-electron chi connectivity index (χ1n) is 6.47. The Morgan fingerprint density at radius 3 is 2.65 bits per heavy atom. The molecule has 0 amide bonds. The van der Waals surface area contributed by atoms with Crippen molar-refractivity contribution in [2.75, 3.05) is 46.3 Å². The highest BCUT2D eigenvalue weighted by molar-refractivity contribution is 5.79. The monoisotopic (exact) mass is 282 g/mol. The lowest BCUT2D eigenvalue weighted by molar-refractivity contribution is 0.203. The quantitative estimate of drug-likeness (QED) is 0.468. The van der Waals surface area contributed by atoms with Crippen LogP contribution in [0.2, 0.25) is 0 Å². The summed E-state index contributed by atoms with van der Waals surface area (Å²) in [5, 5.41) is 6.22. The standard InChI is InChI=1S/C14H23FN4O/c1-16-14(17-7-8-20-4)18-10-11-5-6-13(19(2)3)12(15)9-11/h5-6,9H,7-8,10H2,1-4H3,(H2,16,17,18). The Balaban J connectivity index is 2.54. The smallest absolute Gasteiger partial charge is 0.191 e. The Morgan fingerprint density at radius 2 is 2.10 bits per heavy atom. The van der Waals surface area contributed by atoms with Gasteiger partial charge in [-0.1, -0.05) is 6.07 Å². The normalized spacial score (nSPS) is 11.3. The molecule has 6 heteroatoms. The minimum Gasteiger partial charge on any atom is -0.383 e. The number of rotatable bonds is 6. The number of methoxy groups -OCH3 is 1. The average Bonchev–Trinajstić information content (AvgIpc) is 2.42. The van der Waals surface area contributed by atoms with Crippen LogP contribution in [0.4, 0.5) is 10.1 Å². The molecule has 0 aliphatic carbocycles. The van der Waals surface area contributed by atoms with Crippen LogP contribution in [-0.4, -0.2) is 47.4 Å². The average molecular weight is 282 g/mol. The molecule has 0 heterocycles. The van der Waals surface area contributed by atoms with E-state index in [2.05, 4.69) is 15.6 Å². The van der Waals surface area contributed by atoms with Gasteiger partial charge in [0.05, 0.1) is 12.3 Å². The highest BCUT2D eigenvalue weighted by Crippen LogP contribution is 2.18. The second-order valence-electron chi connectivity index (χ2n) is 4.53. The highest BCUT2D eigenvalue weighted by Gasteiger charge is 2.05. The number of halogens is 1. The summed E-state index contributed by atoms with van der Waals surface area (Å²) in [6, 6.07) is 5.20. The maximum absolute atomic E-state index is 13.8. The van der Waals surface area contributed by atoms with Gasteiger partial charge in [0.15, 0.2) is 5.96 Å². The fourth-order valence-electron chi connectivity index (χ4n) is 1.70. The number of nitrogens with zero attached hydrogens (tertiary/aromatic N) is 2. The molecular formula is C14H23FN4O. The Labute approximate surface area is 119 Å². The summed E-state index contributed by atoms with van der Waals surface area (Å²) < 4.78 is 18.8. The maximum Gasteiger partial charge on any atom is 0.191 e. The number of nitrogens with one attached hydrogen (secondary N) is 2. The topological polar surface area (TPSA) is 48.9 Å². The summed E-state index contributed by atoms with van der Waals surface area (Å²) in [6.45, 7) is 1.79. The van der Waals surface area contributed by atoms with Crippen molar-refractivity contribution in [2.45, 2.75) is 6.54 Å². The van der Waals surface area contributed by atoms with Gasteiger partial charge in [0.2, 0.25) is 0 Å². The lowest BCUT2D eigenvalue weighted by Gasteiger charge is -2.15. The minimum atomic E-state index is -0.225. The maximum atomic E-state index is 13.8. The van der Waals surface area contributed by atoms with Crippen molar-refractivity contribution >= 4 is 11.6 Å². The van der Waals surface area contributed by atoms with Crippen LogP contribution in [-0.2, 0) is 11.3 Å². The third-order valence-corrected chi connectivity index (χ3v) is 2.78. The van der Waals surface area contributed by atoms with E-state index in [1.54, 1.807) is 25.1 Å². The predicted molar refractivity (Wildman–Crippen MR) is 80.8 cm³/mol. The molecule has 112 valence electrons. The highest BCUT2D eigenvalue weighted by atomic mass is 19.1. The molecule has 0 aliphatic heterocycles. The molecule has 0 saturated carbocycles. The third kappa shape index (κ3) is 5.05. The van der Waals surface area contributed by atoms with E-state index >= 15 is 0 Å². The van der Waals surface area contributed by atoms with E-state index in [0.29, 0.717) is 31.3 Å². The van der Waals surface area contributed by atoms with Crippen LogP contribution in [0.15, 0.2) is 23.2 Å². The number of hydrogen-bond donors (Lipinski definition) is 2. The van der Waals surface area contributed by atoms with Crippen molar-refractivity contribution in [1.82, 2.24) is 10.6 Å². The van der Waals surface area contributed by atoms with Gasteiger partial charge < -0.3 is 20.3 Å². The largest absolute Gasteiger partial charge is 0.383 e. The van der Waals surface area contributed by atoms with E-state index in [4.69, 9.17) is 4.74 Å². The van der Waals surface area contributed by atoms with E-state index in [0.717, 1.165) is 5.56 Å². The van der Waals surface area contributed by atoms with Gasteiger partial charge in [-0.3, -0.25) is 4.99 Å². The van der Waals surface area contributed by atoms with Gasteiger partial charge in [-0.05, 0) is 17.7 Å². The zero-order valence-electron chi connectivity index (χ0n) is 12.5. The molecule has 5 nitrogen and oxygen atoms in total. The Morgan fingerprint density at radius 1 is 1.35 bits per heavy atom. The molecule has 20 heavy (non-hydrogen) atoms. The summed E-state index contributed by atoms with van der Waals surface area (Å²) in [5.74, 6) is 0.441. The molecule has 2 N–H and O–H groups in total. The van der Waals surface area contributed by atoms with Crippen molar-refractivity contribution in [3.8, 4) is 0 Å². The van der Waals surface area contributed by atoms with Crippen molar-refractivity contribution < 1.29 is 9.13 Å². The number of guanidine groups is 1. The molecule has 1 aromatic rings. The van der Waals surface area contributed by atoms with Crippen LogP contribution in [0, 0.1) is 5.82 Å². The fraction of sp³-hybridized carbons (Fsp3) is 0.500. The van der Waals surface area contributed by atoms with Gasteiger partial charge in [-0.2, -0.15) is 0 Å². The summed E-state index contributed by atoms with van der Waals surface area (Å²) in [5.41, 5.74) is 1.44. The molecule has 0 aliphatic rings. The second-order valence-corrected chi connectivity index (χ2v) is 4.53. The Bertz CT molecular complexity index is 449. The van der Waals surface area contributed by atoms with Crippen molar-refractivity contribution in [2.24, 2.45) is 4.99 Å². The van der Waals surface area contributed by atoms with Crippen LogP contribution in [0.3, 0.4) is 0 Å². The van der Waals surface area contributed by atoms with E-state index in [1.165, 1.54) is 6.07 Å². The minimum absolute atomic E-state index is 0.225. The van der Waals surface area contributed by atoms with Gasteiger partial charge in [-0.15, -0.1) is 0 Å². The summed E-state index contributed by atoms with van der Waals surface area (Å²) in [4.78, 5) is 5.83. The van der Waals surface area contributed by atoms with Gasteiger partial charge in [0, 0.05) is 41.3 Å². The van der Waals surface area contributed by atoms with Crippen molar-refractivity contribution in [1.29, 1.82) is 0 Å². The second kappa shape index (κ2) is 8.37. The number of anilines is 1. The molecule has 0 aromatic heterocycles. The zero-order chi connectivity index (χ0) is 15.0. The van der Waals surface area contributed by atoms with Gasteiger partial charge in [-0.25, -0.2) is 4.39 Å². The number of ether oxygens (including phenoxy) is 1. The molecule has 0 radical (unpaired) electrons. The molecule has 1 aromatic carbocycles. The summed E-state index contributed by atoms with van der Waals surface area (Å²) in [6.07, 6.45) is 0. The SMILES string of the molecule is CN=C(NCCOC)NCc1ccc(N(C)C)c(F)c1. The number of benzene rings is 1. The molecule has 1 rings (SSSR count). The van der Waals surface area contributed by atoms with Crippen LogP contribution < -0.4 is 15.5 Å². The molecule has 0 spiro atoms. The molecule has 0 atom stereocenters. The number of hydrogen-bond acceptors (Lipinski definition) is 3. The van der Waals surface area contributed by atoms with Crippen LogP contribution in [0.25, 0.3) is 0 Å². The summed E-state index contributed by atoms with van der Waals surface area (Å²) in [7, 11) is 6.97. The lowest BCUT2D eigenvalue weighted by Crippen LogP contribution is -2.38. The van der Waals surface area contributed by atoms with E-state index in [9.17, 15) is 4.39 Å². The van der Waals surface area contributed by atoms with Gasteiger partial charge in [0.25, 0.3) is 0 Å². The first-order chi connectivity index (χ1) is 9.58. The first kappa shape index (κ1) is 16.2. The Kier molecular flexibility index (Phi) is 6.79. The predicted octanol–water partition coefficient (Wildman–Crippen LogP) is 1.20. The van der Waals surface area contributed by atoms with Gasteiger partial charge in [0.1, 0.15) is 5.82 Å². The van der Waals surface area contributed by atoms with Crippen molar-refractivity contribution in [3.63, 3.8) is 0 Å². The van der Waals surface area contributed by atoms with Crippen LogP contribution in [0.5, 0.6) is 0 Å². The first-order valence-corrected chi connectivity index (χ1v) is 6.47. The van der Waals surface area contributed by atoms with Gasteiger partial charge >= 0.3 is 0 Å². The van der Waals surface area contributed by atoms with E-state index in [1.807, 2.05) is 20.2 Å². The van der Waals surface area contributed by atoms with E-state index < -0.39 is 0 Å².